The maximum atomic E-state index is 8.90. The van der Waals surface area contributed by atoms with E-state index in [1.54, 1.807) is 0 Å². The Labute approximate surface area is 102 Å². The van der Waals surface area contributed by atoms with Gasteiger partial charge in [0.05, 0.1) is 11.6 Å². The molecule has 0 spiro atoms. The highest BCUT2D eigenvalue weighted by molar-refractivity contribution is 5.64. The number of hydrogen-bond acceptors (Lipinski definition) is 2. The zero-order chi connectivity index (χ0) is 12.3. The van der Waals surface area contributed by atoms with E-state index in [9.17, 15) is 0 Å². The van der Waals surface area contributed by atoms with Crippen LogP contribution in [0.3, 0.4) is 0 Å². The minimum atomic E-state index is 0.732. The number of nitrogens with zero attached hydrogens (tertiary/aromatic N) is 2. The quantitative estimate of drug-likeness (QED) is 0.775. The third-order valence-electron chi connectivity index (χ3n) is 2.86. The van der Waals surface area contributed by atoms with Crippen molar-refractivity contribution in [3.8, 4) is 6.07 Å². The fourth-order valence-electron chi connectivity index (χ4n) is 1.78. The Balaban J connectivity index is 2.36. The molecule has 0 saturated heterocycles. The van der Waals surface area contributed by atoms with Gasteiger partial charge in [0.25, 0.3) is 0 Å². The zero-order valence-corrected chi connectivity index (χ0v) is 10.0. The fraction of sp³-hybridized carbons (Fsp3) is 0.133. The van der Waals surface area contributed by atoms with E-state index in [0.29, 0.717) is 0 Å². The Hall–Kier alpha value is -2.27. The van der Waals surface area contributed by atoms with E-state index in [2.05, 4.69) is 23.1 Å². The van der Waals surface area contributed by atoms with E-state index in [1.165, 1.54) is 0 Å². The van der Waals surface area contributed by atoms with Gasteiger partial charge in [-0.1, -0.05) is 18.2 Å². The average molecular weight is 222 g/mol. The summed E-state index contributed by atoms with van der Waals surface area (Å²) in [6, 6.07) is 18.2. The molecule has 0 heterocycles. The monoisotopic (exact) mass is 222 g/mol. The molecule has 0 N–H and O–H groups in total. The number of aryl methyl sites for hydroxylation is 1. The van der Waals surface area contributed by atoms with E-state index < -0.39 is 0 Å². The Morgan fingerprint density at radius 2 is 1.71 bits per heavy atom. The molecule has 2 nitrogen and oxygen atoms in total. The molecular weight excluding hydrogens is 208 g/mol. The van der Waals surface area contributed by atoms with Gasteiger partial charge in [-0.25, -0.2) is 0 Å². The number of rotatable bonds is 2. The topological polar surface area (TPSA) is 27.0 Å². The van der Waals surface area contributed by atoms with Crippen molar-refractivity contribution in [3.05, 3.63) is 59.7 Å². The highest BCUT2D eigenvalue weighted by atomic mass is 15.1. The van der Waals surface area contributed by atoms with E-state index in [-0.39, 0.29) is 0 Å². The molecule has 2 aromatic carbocycles. The second-order valence-corrected chi connectivity index (χ2v) is 4.01. The van der Waals surface area contributed by atoms with Crippen molar-refractivity contribution in [3.63, 3.8) is 0 Å². The summed E-state index contributed by atoms with van der Waals surface area (Å²) < 4.78 is 0. The Bertz CT molecular complexity index is 553. The molecule has 0 aliphatic heterocycles. The lowest BCUT2D eigenvalue weighted by Gasteiger charge is -2.20. The first-order valence-corrected chi connectivity index (χ1v) is 5.52. The highest BCUT2D eigenvalue weighted by Gasteiger charge is 2.05. The summed E-state index contributed by atoms with van der Waals surface area (Å²) in [7, 11) is 2.02. The van der Waals surface area contributed by atoms with Crippen molar-refractivity contribution in [2.75, 3.05) is 11.9 Å². The minimum Gasteiger partial charge on any atom is -0.345 e. The molecule has 0 radical (unpaired) electrons. The number of benzene rings is 2. The average Bonchev–Trinajstić information content (AvgIpc) is 2.39. The molecule has 2 heteroatoms. The van der Waals surface area contributed by atoms with E-state index in [1.807, 2.05) is 50.4 Å². The summed E-state index contributed by atoms with van der Waals surface area (Å²) in [4.78, 5) is 2.11. The van der Waals surface area contributed by atoms with Crippen LogP contribution in [0.1, 0.15) is 11.1 Å². The number of hydrogen-bond donors (Lipinski definition) is 0. The van der Waals surface area contributed by atoms with Crippen molar-refractivity contribution in [2.24, 2.45) is 0 Å². The normalized spacial score (nSPS) is 9.71. The molecular formula is C15H14N2. The lowest BCUT2D eigenvalue weighted by atomic mass is 10.1. The lowest BCUT2D eigenvalue weighted by Crippen LogP contribution is -2.09. The van der Waals surface area contributed by atoms with Gasteiger partial charge in [-0.2, -0.15) is 5.26 Å². The van der Waals surface area contributed by atoms with Crippen LogP contribution in [0, 0.1) is 18.3 Å². The summed E-state index contributed by atoms with van der Waals surface area (Å²) in [6.07, 6.45) is 0. The van der Waals surface area contributed by atoms with Crippen LogP contribution in [0.2, 0.25) is 0 Å². The molecule has 0 bridgehead atoms. The SMILES string of the molecule is Cc1cc(N(C)c2ccccc2)ccc1C#N. The van der Waals surface area contributed by atoms with Crippen molar-refractivity contribution in [1.29, 1.82) is 5.26 Å². The van der Waals surface area contributed by atoms with Gasteiger partial charge in [-0.3, -0.25) is 0 Å². The van der Waals surface area contributed by atoms with Gasteiger partial charge in [0.1, 0.15) is 0 Å². The Kier molecular flexibility index (Phi) is 3.11. The van der Waals surface area contributed by atoms with Crippen LogP contribution >= 0.6 is 0 Å². The molecule has 0 atom stereocenters. The first kappa shape index (κ1) is 11.2. The fourth-order valence-corrected chi connectivity index (χ4v) is 1.78. The molecule has 0 aliphatic rings. The summed E-state index contributed by atoms with van der Waals surface area (Å²) >= 11 is 0. The molecule has 2 aromatic rings. The predicted molar refractivity (Wildman–Crippen MR) is 70.4 cm³/mol. The maximum absolute atomic E-state index is 8.90. The number of para-hydroxylation sites is 1. The first-order valence-electron chi connectivity index (χ1n) is 5.52. The largest absolute Gasteiger partial charge is 0.345 e. The van der Waals surface area contributed by atoms with Crippen molar-refractivity contribution < 1.29 is 0 Å². The van der Waals surface area contributed by atoms with Gasteiger partial charge in [0.2, 0.25) is 0 Å². The van der Waals surface area contributed by atoms with Crippen LogP contribution in [0.25, 0.3) is 0 Å². The second-order valence-electron chi connectivity index (χ2n) is 4.01. The predicted octanol–water partition coefficient (Wildman–Crippen LogP) is 3.63. The molecule has 0 fully saturated rings. The third-order valence-corrected chi connectivity index (χ3v) is 2.86. The van der Waals surface area contributed by atoms with Gasteiger partial charge >= 0.3 is 0 Å². The summed E-state index contributed by atoms with van der Waals surface area (Å²) in [6.45, 7) is 1.96. The number of nitriles is 1. The van der Waals surface area contributed by atoms with Gasteiger partial charge in [-0.15, -0.1) is 0 Å². The van der Waals surface area contributed by atoms with Crippen molar-refractivity contribution >= 4 is 11.4 Å². The van der Waals surface area contributed by atoms with E-state index in [0.717, 1.165) is 22.5 Å². The molecule has 2 rings (SSSR count). The smallest absolute Gasteiger partial charge is 0.0994 e. The van der Waals surface area contributed by atoms with Crippen LogP contribution in [-0.2, 0) is 0 Å². The molecule has 84 valence electrons. The summed E-state index contributed by atoms with van der Waals surface area (Å²) in [5.41, 5.74) is 3.97. The van der Waals surface area contributed by atoms with E-state index >= 15 is 0 Å². The van der Waals surface area contributed by atoms with Crippen LogP contribution in [0.5, 0.6) is 0 Å². The third kappa shape index (κ3) is 2.29. The molecule has 0 amide bonds. The second kappa shape index (κ2) is 4.71. The molecule has 17 heavy (non-hydrogen) atoms. The van der Waals surface area contributed by atoms with Crippen molar-refractivity contribution in [1.82, 2.24) is 0 Å². The molecule has 0 saturated carbocycles. The first-order chi connectivity index (χ1) is 8.22. The van der Waals surface area contributed by atoms with Crippen LogP contribution in [0.15, 0.2) is 48.5 Å². The van der Waals surface area contributed by atoms with Crippen LogP contribution in [0.4, 0.5) is 11.4 Å². The highest BCUT2D eigenvalue weighted by Crippen LogP contribution is 2.24. The van der Waals surface area contributed by atoms with Crippen LogP contribution in [-0.4, -0.2) is 7.05 Å². The summed E-state index contributed by atoms with van der Waals surface area (Å²) in [5, 5.41) is 8.90. The lowest BCUT2D eigenvalue weighted by molar-refractivity contribution is 1.20. The Morgan fingerprint density at radius 1 is 1.00 bits per heavy atom. The maximum Gasteiger partial charge on any atom is 0.0994 e. The number of anilines is 2. The molecule has 0 unspecified atom stereocenters. The molecule has 0 aliphatic carbocycles. The van der Waals surface area contributed by atoms with Gasteiger partial charge in [0, 0.05) is 18.4 Å². The zero-order valence-electron chi connectivity index (χ0n) is 10.0. The van der Waals surface area contributed by atoms with E-state index in [4.69, 9.17) is 5.26 Å². The van der Waals surface area contributed by atoms with Crippen LogP contribution < -0.4 is 4.90 Å². The summed E-state index contributed by atoms with van der Waals surface area (Å²) in [5.74, 6) is 0. The van der Waals surface area contributed by atoms with Crippen molar-refractivity contribution in [2.45, 2.75) is 6.92 Å². The Morgan fingerprint density at radius 3 is 2.29 bits per heavy atom. The van der Waals surface area contributed by atoms with Gasteiger partial charge in [-0.05, 0) is 42.8 Å². The molecule has 0 aromatic heterocycles. The standard InChI is InChI=1S/C15H14N2/c1-12-10-15(9-8-13(12)11-16)17(2)14-6-4-3-5-7-14/h3-10H,1-2H3. The van der Waals surface area contributed by atoms with Gasteiger partial charge < -0.3 is 4.90 Å². The van der Waals surface area contributed by atoms with Gasteiger partial charge in [0.15, 0.2) is 0 Å². The minimum absolute atomic E-state index is 0.732.